The molecular weight excluding hydrogens is 208 g/mol. The van der Waals surface area contributed by atoms with E-state index in [2.05, 4.69) is 37.9 Å². The minimum Gasteiger partial charge on any atom is -0.308 e. The fourth-order valence-corrected chi connectivity index (χ4v) is 3.59. The molecule has 0 amide bonds. The van der Waals surface area contributed by atoms with Gasteiger partial charge in [0.2, 0.25) is 0 Å². The fraction of sp³-hybridized carbons (Fsp3) is 1.00. The van der Waals surface area contributed by atoms with Crippen LogP contribution in [0.1, 0.15) is 66.2 Å². The number of hydrogen-bond donors (Lipinski definition) is 1. The molecule has 1 N–H and O–H groups in total. The Bertz CT molecular complexity index is 254. The van der Waals surface area contributed by atoms with Crippen molar-refractivity contribution >= 4 is 0 Å². The number of hydrogen-bond acceptors (Lipinski definition) is 2. The van der Waals surface area contributed by atoms with Crippen LogP contribution in [0.4, 0.5) is 0 Å². The topological polar surface area (TPSA) is 15.3 Å². The number of nitrogens with zero attached hydrogens (tertiary/aromatic N) is 1. The van der Waals surface area contributed by atoms with E-state index in [1.807, 2.05) is 0 Å². The Balaban J connectivity index is 2.10. The second-order valence-electron chi connectivity index (χ2n) is 6.86. The standard InChI is InChI=1S/C15H30N2/c1-5-14(3,4)17-12-15(16-11-13(17)2)9-7-6-8-10-15/h13,16H,5-12H2,1-4H3. The molecule has 1 spiro atoms. The van der Waals surface area contributed by atoms with Crippen molar-refractivity contribution in [3.05, 3.63) is 0 Å². The molecule has 1 aliphatic carbocycles. The van der Waals surface area contributed by atoms with Crippen LogP contribution < -0.4 is 5.32 Å². The molecule has 2 nitrogen and oxygen atoms in total. The van der Waals surface area contributed by atoms with Crippen molar-refractivity contribution in [1.82, 2.24) is 10.2 Å². The minimum atomic E-state index is 0.353. The van der Waals surface area contributed by atoms with Gasteiger partial charge in [0.05, 0.1) is 0 Å². The molecule has 17 heavy (non-hydrogen) atoms. The first-order valence-corrected chi connectivity index (χ1v) is 7.51. The zero-order valence-corrected chi connectivity index (χ0v) is 12.2. The van der Waals surface area contributed by atoms with Gasteiger partial charge in [-0.2, -0.15) is 0 Å². The van der Waals surface area contributed by atoms with Crippen LogP contribution in [-0.2, 0) is 0 Å². The first-order chi connectivity index (χ1) is 7.99. The van der Waals surface area contributed by atoms with Gasteiger partial charge in [0.15, 0.2) is 0 Å². The summed E-state index contributed by atoms with van der Waals surface area (Å²) in [5.41, 5.74) is 0.795. The molecule has 1 atom stereocenters. The van der Waals surface area contributed by atoms with Crippen LogP contribution in [0.15, 0.2) is 0 Å². The van der Waals surface area contributed by atoms with E-state index < -0.39 is 0 Å². The van der Waals surface area contributed by atoms with E-state index >= 15 is 0 Å². The molecule has 1 saturated heterocycles. The maximum absolute atomic E-state index is 3.87. The van der Waals surface area contributed by atoms with E-state index in [0.717, 1.165) is 0 Å². The van der Waals surface area contributed by atoms with Gasteiger partial charge in [-0.15, -0.1) is 0 Å². The molecule has 2 rings (SSSR count). The summed E-state index contributed by atoms with van der Waals surface area (Å²) >= 11 is 0. The zero-order valence-electron chi connectivity index (χ0n) is 12.2. The molecule has 1 unspecified atom stereocenters. The molecule has 100 valence electrons. The van der Waals surface area contributed by atoms with E-state index in [9.17, 15) is 0 Å². The van der Waals surface area contributed by atoms with E-state index in [1.54, 1.807) is 0 Å². The van der Waals surface area contributed by atoms with Crippen molar-refractivity contribution < 1.29 is 0 Å². The van der Waals surface area contributed by atoms with E-state index in [4.69, 9.17) is 0 Å². The number of piperazine rings is 1. The third-order valence-corrected chi connectivity index (χ3v) is 5.23. The highest BCUT2D eigenvalue weighted by Gasteiger charge is 2.42. The van der Waals surface area contributed by atoms with Crippen LogP contribution >= 0.6 is 0 Å². The monoisotopic (exact) mass is 238 g/mol. The molecule has 0 aromatic rings. The Kier molecular flexibility index (Phi) is 3.84. The summed E-state index contributed by atoms with van der Waals surface area (Å²) in [6, 6.07) is 0.678. The smallest absolute Gasteiger partial charge is 0.0309 e. The molecule has 0 aromatic carbocycles. The molecule has 2 aliphatic rings. The highest BCUT2D eigenvalue weighted by molar-refractivity contribution is 5.02. The van der Waals surface area contributed by atoms with Crippen molar-refractivity contribution in [1.29, 1.82) is 0 Å². The lowest BCUT2D eigenvalue weighted by atomic mass is 9.78. The van der Waals surface area contributed by atoms with Crippen molar-refractivity contribution in [2.45, 2.75) is 83.3 Å². The number of rotatable bonds is 2. The van der Waals surface area contributed by atoms with Crippen LogP contribution in [0.3, 0.4) is 0 Å². The van der Waals surface area contributed by atoms with Crippen LogP contribution in [0.5, 0.6) is 0 Å². The summed E-state index contributed by atoms with van der Waals surface area (Å²) in [6.45, 7) is 11.9. The van der Waals surface area contributed by atoms with Gasteiger partial charge in [0, 0.05) is 30.2 Å². The SMILES string of the molecule is CCC(C)(C)N1CC2(CCCCC2)NCC1C. The average molecular weight is 238 g/mol. The van der Waals surface area contributed by atoms with E-state index in [1.165, 1.54) is 51.6 Å². The third-order valence-electron chi connectivity index (χ3n) is 5.23. The summed E-state index contributed by atoms with van der Waals surface area (Å²) in [5.74, 6) is 0. The highest BCUT2D eigenvalue weighted by Crippen LogP contribution is 2.35. The van der Waals surface area contributed by atoms with Gasteiger partial charge in [-0.25, -0.2) is 0 Å². The van der Waals surface area contributed by atoms with E-state index in [0.29, 0.717) is 17.1 Å². The molecule has 0 aromatic heterocycles. The van der Waals surface area contributed by atoms with Crippen LogP contribution in [0, 0.1) is 0 Å². The quantitative estimate of drug-likeness (QED) is 0.795. The Morgan fingerprint density at radius 2 is 1.88 bits per heavy atom. The van der Waals surface area contributed by atoms with Gasteiger partial charge < -0.3 is 5.32 Å². The van der Waals surface area contributed by atoms with Gasteiger partial charge in [-0.05, 0) is 40.0 Å². The zero-order chi connectivity index (χ0) is 12.5. The van der Waals surface area contributed by atoms with Crippen molar-refractivity contribution in [3.8, 4) is 0 Å². The van der Waals surface area contributed by atoms with Crippen LogP contribution in [0.2, 0.25) is 0 Å². The lowest BCUT2D eigenvalue weighted by Gasteiger charge is -2.54. The van der Waals surface area contributed by atoms with Gasteiger partial charge in [0.25, 0.3) is 0 Å². The Morgan fingerprint density at radius 1 is 1.24 bits per heavy atom. The van der Waals surface area contributed by atoms with Crippen molar-refractivity contribution in [3.63, 3.8) is 0 Å². The summed E-state index contributed by atoms with van der Waals surface area (Å²) < 4.78 is 0. The molecule has 2 fully saturated rings. The Labute approximate surface area is 107 Å². The Morgan fingerprint density at radius 3 is 2.47 bits per heavy atom. The van der Waals surface area contributed by atoms with Gasteiger partial charge in [0.1, 0.15) is 0 Å². The van der Waals surface area contributed by atoms with Gasteiger partial charge in [-0.3, -0.25) is 4.90 Å². The second kappa shape index (κ2) is 4.89. The molecule has 1 heterocycles. The van der Waals surface area contributed by atoms with Crippen LogP contribution in [-0.4, -0.2) is 35.1 Å². The third kappa shape index (κ3) is 2.68. The summed E-state index contributed by atoms with van der Waals surface area (Å²) in [4.78, 5) is 2.76. The predicted octanol–water partition coefficient (Wildman–Crippen LogP) is 3.17. The predicted molar refractivity (Wildman–Crippen MR) is 74.4 cm³/mol. The molecule has 1 saturated carbocycles. The van der Waals surface area contributed by atoms with Gasteiger partial charge in [-0.1, -0.05) is 26.2 Å². The highest BCUT2D eigenvalue weighted by atomic mass is 15.3. The van der Waals surface area contributed by atoms with E-state index in [-0.39, 0.29) is 0 Å². The minimum absolute atomic E-state index is 0.353. The number of nitrogens with one attached hydrogen (secondary N) is 1. The molecule has 2 heteroatoms. The molecule has 1 aliphatic heterocycles. The van der Waals surface area contributed by atoms with Crippen LogP contribution in [0.25, 0.3) is 0 Å². The lowest BCUT2D eigenvalue weighted by molar-refractivity contribution is -0.00762. The van der Waals surface area contributed by atoms with Gasteiger partial charge >= 0.3 is 0 Å². The van der Waals surface area contributed by atoms with Crippen molar-refractivity contribution in [2.75, 3.05) is 13.1 Å². The normalized spacial score (nSPS) is 30.7. The lowest BCUT2D eigenvalue weighted by Crippen LogP contribution is -2.68. The molecule has 0 bridgehead atoms. The average Bonchev–Trinajstić information content (AvgIpc) is 2.34. The largest absolute Gasteiger partial charge is 0.308 e. The maximum Gasteiger partial charge on any atom is 0.0309 e. The first kappa shape index (κ1) is 13.4. The summed E-state index contributed by atoms with van der Waals surface area (Å²) in [6.07, 6.45) is 8.29. The molecule has 0 radical (unpaired) electrons. The summed E-state index contributed by atoms with van der Waals surface area (Å²) in [5, 5.41) is 3.87. The first-order valence-electron chi connectivity index (χ1n) is 7.51. The van der Waals surface area contributed by atoms with Crippen molar-refractivity contribution in [2.24, 2.45) is 0 Å². The maximum atomic E-state index is 3.87. The Hall–Kier alpha value is -0.0800. The fourth-order valence-electron chi connectivity index (χ4n) is 3.59. The second-order valence-corrected chi connectivity index (χ2v) is 6.86. The molecular formula is C15H30N2. The summed E-state index contributed by atoms with van der Waals surface area (Å²) in [7, 11) is 0.